The average Bonchev–Trinajstić information content (AvgIpc) is 2.53. The van der Waals surface area contributed by atoms with Crippen molar-refractivity contribution in [2.24, 2.45) is 0 Å². The van der Waals surface area contributed by atoms with Gasteiger partial charge in [0.05, 0.1) is 5.56 Å². The van der Waals surface area contributed by atoms with Crippen LogP contribution in [-0.4, -0.2) is 36.3 Å². The number of ether oxygens (including phenoxy) is 1. The molecule has 2 aromatic rings. The maximum atomic E-state index is 13.4. The van der Waals surface area contributed by atoms with E-state index in [1.165, 1.54) is 30.3 Å². The van der Waals surface area contributed by atoms with Gasteiger partial charge >= 0.3 is 6.18 Å². The Hall–Kier alpha value is -2.12. The number of benzene rings is 2. The molecule has 2 rings (SSSR count). The quantitative estimate of drug-likeness (QED) is 0.767. The molecule has 0 aromatic heterocycles. The Morgan fingerprint density at radius 1 is 1.08 bits per heavy atom. The molecule has 7 heteroatoms. The second kappa shape index (κ2) is 8.31. The first-order valence-electron chi connectivity index (χ1n) is 7.66. The Labute approximate surface area is 143 Å². The third kappa shape index (κ3) is 6.03. The Kier molecular flexibility index (Phi) is 6.39. The molecular formula is C18H19F4NO2. The van der Waals surface area contributed by atoms with Gasteiger partial charge in [-0.05, 0) is 36.9 Å². The standard InChI is InChI=1S/C18H19F4NO2/c1-23(10-13-6-8-14(9-7-13)18(20,21)22)11-15(24)12-25-17-5-3-2-4-16(17)19/h2-9,15,24H,10-12H2,1H3. The predicted octanol–water partition coefficient (Wildman–Crippen LogP) is 3.72. The molecule has 0 aliphatic rings. The van der Waals surface area contributed by atoms with Crippen molar-refractivity contribution in [2.75, 3.05) is 20.2 Å². The minimum atomic E-state index is -4.36. The van der Waals surface area contributed by atoms with E-state index in [2.05, 4.69) is 0 Å². The van der Waals surface area contributed by atoms with Crippen molar-refractivity contribution in [3.63, 3.8) is 0 Å². The molecule has 0 spiro atoms. The van der Waals surface area contributed by atoms with Crippen LogP contribution in [0.1, 0.15) is 11.1 Å². The second-order valence-electron chi connectivity index (χ2n) is 5.79. The van der Waals surface area contributed by atoms with Crippen LogP contribution in [0.3, 0.4) is 0 Å². The van der Waals surface area contributed by atoms with E-state index in [0.29, 0.717) is 12.1 Å². The molecule has 1 atom stereocenters. The Morgan fingerprint density at radius 2 is 1.72 bits per heavy atom. The second-order valence-corrected chi connectivity index (χ2v) is 5.79. The molecule has 0 saturated carbocycles. The molecule has 0 aliphatic heterocycles. The van der Waals surface area contributed by atoms with E-state index in [9.17, 15) is 22.7 Å². The first-order chi connectivity index (χ1) is 11.8. The number of nitrogens with zero attached hydrogens (tertiary/aromatic N) is 1. The summed E-state index contributed by atoms with van der Waals surface area (Å²) in [5, 5.41) is 9.96. The van der Waals surface area contributed by atoms with Crippen LogP contribution in [0.2, 0.25) is 0 Å². The van der Waals surface area contributed by atoms with Crippen LogP contribution >= 0.6 is 0 Å². The zero-order chi connectivity index (χ0) is 18.4. The normalized spacial score (nSPS) is 13.1. The smallest absolute Gasteiger partial charge is 0.416 e. The van der Waals surface area contributed by atoms with Crippen molar-refractivity contribution in [1.82, 2.24) is 4.90 Å². The van der Waals surface area contributed by atoms with Gasteiger partial charge in [-0.3, -0.25) is 4.90 Å². The van der Waals surface area contributed by atoms with E-state index in [4.69, 9.17) is 4.74 Å². The summed E-state index contributed by atoms with van der Waals surface area (Å²) in [6, 6.07) is 10.8. The lowest BCUT2D eigenvalue weighted by Crippen LogP contribution is -2.32. The molecular weight excluding hydrogens is 338 g/mol. The van der Waals surface area contributed by atoms with E-state index in [0.717, 1.165) is 12.1 Å². The van der Waals surface area contributed by atoms with Gasteiger partial charge in [0.2, 0.25) is 0 Å². The third-order valence-electron chi connectivity index (χ3n) is 3.52. The lowest BCUT2D eigenvalue weighted by Gasteiger charge is -2.21. The molecule has 25 heavy (non-hydrogen) atoms. The summed E-state index contributed by atoms with van der Waals surface area (Å²) in [5.74, 6) is -0.445. The van der Waals surface area contributed by atoms with Crippen LogP contribution in [0, 0.1) is 5.82 Å². The number of aliphatic hydroxyl groups is 1. The minimum absolute atomic E-state index is 0.0620. The maximum Gasteiger partial charge on any atom is 0.416 e. The van der Waals surface area contributed by atoms with Crippen molar-refractivity contribution < 1.29 is 27.4 Å². The summed E-state index contributed by atoms with van der Waals surface area (Å²) < 4.78 is 56.2. The van der Waals surface area contributed by atoms with Crippen molar-refractivity contribution >= 4 is 0 Å². The summed E-state index contributed by atoms with van der Waals surface area (Å²) in [4.78, 5) is 1.75. The van der Waals surface area contributed by atoms with Gasteiger partial charge in [-0.15, -0.1) is 0 Å². The number of likely N-dealkylation sites (N-methyl/N-ethyl adjacent to an activating group) is 1. The lowest BCUT2D eigenvalue weighted by molar-refractivity contribution is -0.137. The van der Waals surface area contributed by atoms with E-state index in [-0.39, 0.29) is 18.9 Å². The van der Waals surface area contributed by atoms with Crippen LogP contribution in [0.5, 0.6) is 5.75 Å². The molecule has 1 unspecified atom stereocenters. The highest BCUT2D eigenvalue weighted by Gasteiger charge is 2.29. The molecule has 0 bridgehead atoms. The summed E-state index contributed by atoms with van der Waals surface area (Å²) >= 11 is 0. The Morgan fingerprint density at radius 3 is 2.32 bits per heavy atom. The summed E-state index contributed by atoms with van der Waals surface area (Å²) in [6.45, 7) is 0.517. The van der Waals surface area contributed by atoms with Gasteiger partial charge in [-0.2, -0.15) is 13.2 Å². The fourth-order valence-electron chi connectivity index (χ4n) is 2.34. The number of halogens is 4. The highest BCUT2D eigenvalue weighted by molar-refractivity contribution is 5.25. The fraction of sp³-hybridized carbons (Fsp3) is 0.333. The molecule has 3 nitrogen and oxygen atoms in total. The van der Waals surface area contributed by atoms with Gasteiger partial charge in [-0.1, -0.05) is 24.3 Å². The Balaban J connectivity index is 1.81. The number of rotatable bonds is 7. The highest BCUT2D eigenvalue weighted by atomic mass is 19.4. The molecule has 0 saturated heterocycles. The number of hydrogen-bond donors (Lipinski definition) is 1. The van der Waals surface area contributed by atoms with Crippen LogP contribution in [-0.2, 0) is 12.7 Å². The van der Waals surface area contributed by atoms with E-state index in [1.807, 2.05) is 0 Å². The van der Waals surface area contributed by atoms with Crippen molar-refractivity contribution in [3.8, 4) is 5.75 Å². The van der Waals surface area contributed by atoms with Crippen LogP contribution < -0.4 is 4.74 Å². The number of hydrogen-bond acceptors (Lipinski definition) is 3. The lowest BCUT2D eigenvalue weighted by atomic mass is 10.1. The number of aliphatic hydroxyl groups excluding tert-OH is 1. The molecule has 0 aliphatic carbocycles. The van der Waals surface area contributed by atoms with Crippen LogP contribution in [0.25, 0.3) is 0 Å². The minimum Gasteiger partial charge on any atom is -0.488 e. The molecule has 1 N–H and O–H groups in total. The maximum absolute atomic E-state index is 13.4. The third-order valence-corrected chi connectivity index (χ3v) is 3.52. The summed E-state index contributed by atoms with van der Waals surface area (Å²) in [5.41, 5.74) is -0.00468. The van der Waals surface area contributed by atoms with Gasteiger partial charge in [0.25, 0.3) is 0 Å². The van der Waals surface area contributed by atoms with Crippen molar-refractivity contribution in [2.45, 2.75) is 18.8 Å². The predicted molar refractivity (Wildman–Crippen MR) is 85.7 cm³/mol. The monoisotopic (exact) mass is 357 g/mol. The average molecular weight is 357 g/mol. The molecule has 0 heterocycles. The van der Waals surface area contributed by atoms with E-state index in [1.54, 1.807) is 18.0 Å². The largest absolute Gasteiger partial charge is 0.488 e. The summed E-state index contributed by atoms with van der Waals surface area (Å²) in [7, 11) is 1.73. The van der Waals surface area contributed by atoms with Gasteiger partial charge in [0.15, 0.2) is 11.6 Å². The van der Waals surface area contributed by atoms with E-state index < -0.39 is 23.7 Å². The van der Waals surface area contributed by atoms with Crippen LogP contribution in [0.15, 0.2) is 48.5 Å². The highest BCUT2D eigenvalue weighted by Crippen LogP contribution is 2.29. The SMILES string of the molecule is CN(Cc1ccc(C(F)(F)F)cc1)CC(O)COc1ccccc1F. The fourth-order valence-corrected chi connectivity index (χ4v) is 2.34. The van der Waals surface area contributed by atoms with Crippen molar-refractivity contribution in [1.29, 1.82) is 0 Å². The number of alkyl halides is 3. The van der Waals surface area contributed by atoms with Crippen LogP contribution in [0.4, 0.5) is 17.6 Å². The molecule has 0 fully saturated rings. The van der Waals surface area contributed by atoms with Gasteiger partial charge in [0.1, 0.15) is 12.7 Å². The van der Waals surface area contributed by atoms with Gasteiger partial charge in [-0.25, -0.2) is 4.39 Å². The molecule has 2 aromatic carbocycles. The topological polar surface area (TPSA) is 32.7 Å². The summed E-state index contributed by atoms with van der Waals surface area (Å²) in [6.07, 6.45) is -5.22. The zero-order valence-corrected chi connectivity index (χ0v) is 13.6. The first-order valence-corrected chi connectivity index (χ1v) is 7.66. The Bertz CT molecular complexity index is 674. The van der Waals surface area contributed by atoms with Crippen molar-refractivity contribution in [3.05, 3.63) is 65.5 Å². The molecule has 0 radical (unpaired) electrons. The number of para-hydroxylation sites is 1. The zero-order valence-electron chi connectivity index (χ0n) is 13.6. The molecule has 136 valence electrons. The van der Waals surface area contributed by atoms with Gasteiger partial charge in [0, 0.05) is 13.1 Å². The molecule has 0 amide bonds. The van der Waals surface area contributed by atoms with Gasteiger partial charge < -0.3 is 9.84 Å². The van der Waals surface area contributed by atoms with E-state index >= 15 is 0 Å². The first kappa shape index (κ1) is 19.2.